The molecule has 11 heteroatoms. The number of hydrogen-bond donors (Lipinski definition) is 2. The number of aromatic nitrogens is 2. The predicted molar refractivity (Wildman–Crippen MR) is 167 cm³/mol. The molecule has 11 nitrogen and oxygen atoms in total. The average Bonchev–Trinajstić information content (AvgIpc) is 3.50. The van der Waals surface area contributed by atoms with E-state index in [1.807, 2.05) is 34.1 Å². The van der Waals surface area contributed by atoms with Crippen LogP contribution < -0.4 is 5.32 Å². The molecule has 0 aliphatic carbocycles. The van der Waals surface area contributed by atoms with E-state index in [2.05, 4.69) is 39.2 Å². The molecule has 3 aromatic rings. The fourth-order valence-electron chi connectivity index (χ4n) is 6.94. The van der Waals surface area contributed by atoms with Crippen LogP contribution in [-0.4, -0.2) is 117 Å². The van der Waals surface area contributed by atoms with Gasteiger partial charge in [0.2, 0.25) is 11.8 Å². The second-order valence-electron chi connectivity index (χ2n) is 12.7. The lowest BCUT2D eigenvalue weighted by Gasteiger charge is -2.51. The molecule has 232 valence electrons. The third kappa shape index (κ3) is 6.25. The third-order valence-corrected chi connectivity index (χ3v) is 9.75. The Bertz CT molecular complexity index is 1520. The summed E-state index contributed by atoms with van der Waals surface area (Å²) < 4.78 is 0. The fourth-order valence-corrected chi connectivity index (χ4v) is 6.94. The van der Waals surface area contributed by atoms with Crippen LogP contribution in [0.15, 0.2) is 54.7 Å². The van der Waals surface area contributed by atoms with Crippen molar-refractivity contribution in [2.45, 2.75) is 44.7 Å². The van der Waals surface area contributed by atoms with Crippen LogP contribution in [0.25, 0.3) is 10.9 Å². The summed E-state index contributed by atoms with van der Waals surface area (Å²) >= 11 is 0. The Hall–Kier alpha value is -4.09. The van der Waals surface area contributed by atoms with Crippen molar-refractivity contribution in [3.05, 3.63) is 60.3 Å². The maximum absolute atomic E-state index is 13.4. The van der Waals surface area contributed by atoms with Gasteiger partial charge in [-0.05, 0) is 70.0 Å². The number of phenols is 1. The van der Waals surface area contributed by atoms with Crippen LogP contribution >= 0.6 is 0 Å². The summed E-state index contributed by atoms with van der Waals surface area (Å²) in [5.41, 5.74) is 1.94. The smallest absolute Gasteiger partial charge is 0.256 e. The number of rotatable bonds is 6. The number of piperazine rings is 1. The molecule has 2 atom stereocenters. The Kier molecular flexibility index (Phi) is 8.50. The maximum atomic E-state index is 13.4. The molecule has 0 radical (unpaired) electrons. The Labute approximate surface area is 257 Å². The third-order valence-electron chi connectivity index (χ3n) is 9.75. The lowest BCUT2D eigenvalue weighted by molar-refractivity contribution is -0.138. The van der Waals surface area contributed by atoms with Gasteiger partial charge in [-0.15, -0.1) is 0 Å². The Balaban J connectivity index is 0.979. The first kappa shape index (κ1) is 30.0. The van der Waals surface area contributed by atoms with Crippen molar-refractivity contribution in [3.63, 3.8) is 0 Å². The van der Waals surface area contributed by atoms with Gasteiger partial charge in [0.25, 0.3) is 5.91 Å². The summed E-state index contributed by atoms with van der Waals surface area (Å²) in [4.78, 5) is 48.1. The van der Waals surface area contributed by atoms with E-state index < -0.39 is 0 Å². The molecule has 4 heterocycles. The molecule has 0 bridgehead atoms. The second kappa shape index (κ2) is 12.5. The molecule has 2 N–H and O–H groups in total. The van der Waals surface area contributed by atoms with E-state index in [1.54, 1.807) is 30.5 Å². The normalized spacial score (nSPS) is 22.7. The summed E-state index contributed by atoms with van der Waals surface area (Å²) in [6, 6.07) is 14.1. The quantitative estimate of drug-likeness (QED) is 0.415. The van der Waals surface area contributed by atoms with Gasteiger partial charge < -0.3 is 20.2 Å². The van der Waals surface area contributed by atoms with Crippen LogP contribution in [0.2, 0.25) is 0 Å². The van der Waals surface area contributed by atoms with Gasteiger partial charge in [0.15, 0.2) is 0 Å². The van der Waals surface area contributed by atoms with Crippen molar-refractivity contribution in [1.29, 1.82) is 0 Å². The number of benzene rings is 2. The number of likely N-dealkylation sites (tertiary alicyclic amines) is 2. The van der Waals surface area contributed by atoms with Gasteiger partial charge in [0, 0.05) is 61.9 Å². The first-order valence-electron chi connectivity index (χ1n) is 15.6. The van der Waals surface area contributed by atoms with Crippen molar-refractivity contribution in [1.82, 2.24) is 29.8 Å². The molecular formula is C33H41N7O4. The minimum atomic E-state index is -0.169. The Morgan fingerprint density at radius 2 is 1.73 bits per heavy atom. The van der Waals surface area contributed by atoms with E-state index in [1.165, 1.54) is 0 Å². The number of hydrogen-bond acceptors (Lipinski definition) is 8. The number of nitrogens with one attached hydrogen (secondary N) is 1. The van der Waals surface area contributed by atoms with Crippen LogP contribution in [0.4, 0.5) is 5.69 Å². The molecule has 3 aliphatic heterocycles. The van der Waals surface area contributed by atoms with Gasteiger partial charge in [0.1, 0.15) is 5.75 Å². The number of fused-ring (bicyclic) bond motifs is 1. The van der Waals surface area contributed by atoms with Crippen LogP contribution in [0.3, 0.4) is 0 Å². The molecule has 3 saturated heterocycles. The molecule has 3 amide bonds. The summed E-state index contributed by atoms with van der Waals surface area (Å²) in [5.74, 6) is 0.0457. The molecule has 3 aliphatic rings. The van der Waals surface area contributed by atoms with Crippen molar-refractivity contribution < 1.29 is 19.5 Å². The molecular weight excluding hydrogens is 558 g/mol. The first-order valence-corrected chi connectivity index (χ1v) is 15.6. The van der Waals surface area contributed by atoms with E-state index in [4.69, 9.17) is 0 Å². The first-order chi connectivity index (χ1) is 21.2. The van der Waals surface area contributed by atoms with Gasteiger partial charge in [-0.1, -0.05) is 18.2 Å². The van der Waals surface area contributed by atoms with E-state index in [0.29, 0.717) is 56.9 Å². The summed E-state index contributed by atoms with van der Waals surface area (Å²) in [5, 5.41) is 21.4. The number of nitrogens with zero attached hydrogens (tertiary/aromatic N) is 6. The molecule has 0 spiro atoms. The van der Waals surface area contributed by atoms with E-state index in [-0.39, 0.29) is 41.0 Å². The van der Waals surface area contributed by atoms with Crippen LogP contribution in [-0.2, 0) is 9.59 Å². The number of phenolic OH excluding ortho intramolecular Hbond substituents is 1. The monoisotopic (exact) mass is 599 g/mol. The Morgan fingerprint density at radius 3 is 2.48 bits per heavy atom. The maximum Gasteiger partial charge on any atom is 0.256 e. The lowest BCUT2D eigenvalue weighted by Crippen LogP contribution is -2.63. The number of anilines is 1. The largest absolute Gasteiger partial charge is 0.508 e. The number of aromatic hydroxyl groups is 1. The average molecular weight is 600 g/mol. The molecule has 1 aromatic heterocycles. The summed E-state index contributed by atoms with van der Waals surface area (Å²) in [6.45, 7) is 9.62. The zero-order valence-electron chi connectivity index (χ0n) is 25.5. The van der Waals surface area contributed by atoms with Crippen molar-refractivity contribution in [2.75, 3.05) is 57.7 Å². The highest BCUT2D eigenvalue weighted by Crippen LogP contribution is 2.32. The molecule has 3 fully saturated rings. The molecule has 2 aromatic carbocycles. The number of carbonyl (C=O) groups is 3. The van der Waals surface area contributed by atoms with Crippen LogP contribution in [0.5, 0.6) is 5.75 Å². The van der Waals surface area contributed by atoms with Gasteiger partial charge in [-0.3, -0.25) is 24.2 Å². The van der Waals surface area contributed by atoms with Crippen LogP contribution in [0, 0.1) is 5.92 Å². The SMILES string of the molecule is C[C@H]1CN(C2(C)CCN(C(=O)c3cnnc4ccccc34)CC2)CCN1C(=O)CN1CCC(C(=O)Nc2ccc(O)cc2)C1. The number of amides is 3. The highest BCUT2D eigenvalue weighted by atomic mass is 16.3. The Morgan fingerprint density at radius 1 is 0.977 bits per heavy atom. The second-order valence-corrected chi connectivity index (χ2v) is 12.7. The van der Waals surface area contributed by atoms with Gasteiger partial charge in [-0.25, -0.2) is 0 Å². The van der Waals surface area contributed by atoms with Gasteiger partial charge in [0.05, 0.1) is 29.7 Å². The zero-order chi connectivity index (χ0) is 30.8. The summed E-state index contributed by atoms with van der Waals surface area (Å²) in [7, 11) is 0. The number of carbonyl (C=O) groups excluding carboxylic acids is 3. The highest BCUT2D eigenvalue weighted by molar-refractivity contribution is 6.05. The van der Waals surface area contributed by atoms with Crippen molar-refractivity contribution in [3.8, 4) is 5.75 Å². The molecule has 1 unspecified atom stereocenters. The lowest BCUT2D eigenvalue weighted by atomic mass is 9.86. The van der Waals surface area contributed by atoms with Gasteiger partial charge >= 0.3 is 0 Å². The predicted octanol–water partition coefficient (Wildman–Crippen LogP) is 2.82. The van der Waals surface area contributed by atoms with Crippen molar-refractivity contribution in [2.24, 2.45) is 5.92 Å². The highest BCUT2D eigenvalue weighted by Gasteiger charge is 2.41. The summed E-state index contributed by atoms with van der Waals surface area (Å²) in [6.07, 6.45) is 4.03. The van der Waals surface area contributed by atoms with Crippen LogP contribution in [0.1, 0.15) is 43.5 Å². The minimum Gasteiger partial charge on any atom is -0.508 e. The van der Waals surface area contributed by atoms with E-state index in [9.17, 15) is 19.5 Å². The molecule has 44 heavy (non-hydrogen) atoms. The zero-order valence-corrected chi connectivity index (χ0v) is 25.5. The molecule has 0 saturated carbocycles. The van der Waals surface area contributed by atoms with E-state index >= 15 is 0 Å². The topological polar surface area (TPSA) is 122 Å². The van der Waals surface area contributed by atoms with Gasteiger partial charge in [-0.2, -0.15) is 10.2 Å². The van der Waals surface area contributed by atoms with E-state index in [0.717, 1.165) is 36.8 Å². The molecule has 6 rings (SSSR count). The standard InChI is InChI=1S/C33H41N7O4/c1-23-20-39(33(2)12-15-38(16-13-33)32(44)28-19-34-36-29-6-4-3-5-27(28)29)17-18-40(23)30(42)22-37-14-11-24(21-37)31(43)35-25-7-9-26(41)10-8-25/h3-10,19,23-24,41H,11-18,20-22H2,1-2H3,(H,35,43)/t23-,24?/m0/s1. The fraction of sp³-hybridized carbons (Fsp3) is 0.485. The van der Waals surface area contributed by atoms with Crippen molar-refractivity contribution >= 4 is 34.3 Å². The number of piperidine rings is 1. The minimum absolute atomic E-state index is 0.00363.